The molecular weight excluding hydrogens is 412 g/mol. The molecule has 8 heteroatoms. The highest BCUT2D eigenvalue weighted by molar-refractivity contribution is 5.91. The Kier molecular flexibility index (Phi) is 5.59. The number of nitrogens with two attached hydrogens (primary N) is 1. The zero-order chi connectivity index (χ0) is 22.8. The number of nitrogens with one attached hydrogen (secondary N) is 2. The molecule has 0 atom stereocenters. The van der Waals surface area contributed by atoms with Crippen molar-refractivity contribution in [3.63, 3.8) is 0 Å². The second-order valence-electron chi connectivity index (χ2n) is 7.41. The monoisotopic (exact) mass is 433 g/mol. The van der Waals surface area contributed by atoms with E-state index >= 15 is 0 Å². The van der Waals surface area contributed by atoms with Crippen LogP contribution in [0.5, 0.6) is 0 Å². The molecule has 0 bridgehead atoms. The van der Waals surface area contributed by atoms with Crippen molar-refractivity contribution in [3.8, 4) is 22.4 Å². The Balaban J connectivity index is 1.70. The molecule has 1 amide bonds. The number of hydrogen-bond acceptors (Lipinski definition) is 4. The third-order valence-corrected chi connectivity index (χ3v) is 4.84. The lowest BCUT2D eigenvalue weighted by molar-refractivity contribution is -0.114. The molecule has 0 radical (unpaired) electrons. The van der Waals surface area contributed by atoms with Crippen LogP contribution in [0.1, 0.15) is 6.92 Å². The van der Waals surface area contributed by atoms with Gasteiger partial charge in [0.2, 0.25) is 5.91 Å². The second-order valence-corrected chi connectivity index (χ2v) is 7.41. The van der Waals surface area contributed by atoms with E-state index in [9.17, 15) is 13.6 Å². The average molecular weight is 433 g/mol. The number of aromatic nitrogens is 2. The van der Waals surface area contributed by atoms with E-state index in [1.165, 1.54) is 19.1 Å². The van der Waals surface area contributed by atoms with Crippen LogP contribution in [0.3, 0.4) is 0 Å². The molecule has 1 aromatic heterocycles. The molecule has 0 unspecified atom stereocenters. The van der Waals surface area contributed by atoms with Gasteiger partial charge in [0.15, 0.2) is 0 Å². The van der Waals surface area contributed by atoms with E-state index in [-0.39, 0.29) is 11.5 Å². The van der Waals surface area contributed by atoms with Gasteiger partial charge in [-0.15, -0.1) is 0 Å². The van der Waals surface area contributed by atoms with Gasteiger partial charge in [-0.3, -0.25) is 9.48 Å². The first-order valence-corrected chi connectivity index (χ1v) is 9.83. The van der Waals surface area contributed by atoms with E-state index in [0.29, 0.717) is 28.3 Å². The SMILES string of the molecule is CC(=O)Nc1cc(Nc2ccc(-c3ccn(C)n3)cc2N)cc(-c2ccc(F)cc2F)c1. The summed E-state index contributed by atoms with van der Waals surface area (Å²) in [5.41, 5.74) is 10.8. The fourth-order valence-corrected chi connectivity index (χ4v) is 3.41. The van der Waals surface area contributed by atoms with Gasteiger partial charge in [-0.05, 0) is 54.1 Å². The van der Waals surface area contributed by atoms with E-state index in [1.807, 2.05) is 37.5 Å². The maximum Gasteiger partial charge on any atom is 0.221 e. The highest BCUT2D eigenvalue weighted by atomic mass is 19.1. The summed E-state index contributed by atoms with van der Waals surface area (Å²) in [6, 6.07) is 15.8. The van der Waals surface area contributed by atoms with Crippen molar-refractivity contribution in [1.29, 1.82) is 0 Å². The molecule has 6 nitrogen and oxygen atoms in total. The van der Waals surface area contributed by atoms with Crippen LogP contribution in [0.15, 0.2) is 66.9 Å². The number of anilines is 4. The lowest BCUT2D eigenvalue weighted by atomic mass is 10.0. The fourth-order valence-electron chi connectivity index (χ4n) is 3.41. The van der Waals surface area contributed by atoms with Crippen LogP contribution >= 0.6 is 0 Å². The summed E-state index contributed by atoms with van der Waals surface area (Å²) in [6.45, 7) is 1.38. The van der Waals surface area contributed by atoms with Crippen LogP contribution in [0.25, 0.3) is 22.4 Å². The summed E-state index contributed by atoms with van der Waals surface area (Å²) in [7, 11) is 1.84. The zero-order valence-electron chi connectivity index (χ0n) is 17.5. The Bertz CT molecular complexity index is 1320. The first kappa shape index (κ1) is 21.0. The van der Waals surface area contributed by atoms with Crippen LogP contribution in [0, 0.1) is 11.6 Å². The van der Waals surface area contributed by atoms with E-state index in [2.05, 4.69) is 15.7 Å². The van der Waals surface area contributed by atoms with Crippen LogP contribution in [0.4, 0.5) is 31.5 Å². The van der Waals surface area contributed by atoms with Crippen LogP contribution in [-0.4, -0.2) is 15.7 Å². The Morgan fingerprint density at radius 1 is 0.969 bits per heavy atom. The minimum absolute atomic E-state index is 0.208. The minimum Gasteiger partial charge on any atom is -0.397 e. The maximum absolute atomic E-state index is 14.4. The standard InChI is InChI=1S/C24H21F2N5O/c1-14(32)28-18-9-16(20-5-4-17(25)12-21(20)26)10-19(13-18)29-24-6-3-15(11-22(24)27)23-7-8-31(2)30-23/h3-13,29H,27H2,1-2H3,(H,28,32). The molecule has 4 N–H and O–H groups in total. The summed E-state index contributed by atoms with van der Waals surface area (Å²) in [5.74, 6) is -1.63. The third kappa shape index (κ3) is 4.59. The number of aryl methyl sites for hydroxylation is 1. The summed E-state index contributed by atoms with van der Waals surface area (Å²) in [5, 5.41) is 10.3. The predicted octanol–water partition coefficient (Wildman–Crippen LogP) is 5.32. The van der Waals surface area contributed by atoms with Gasteiger partial charge in [-0.2, -0.15) is 5.10 Å². The van der Waals surface area contributed by atoms with Gasteiger partial charge in [0, 0.05) is 48.7 Å². The molecule has 4 aromatic rings. The quantitative estimate of drug-likeness (QED) is 0.372. The number of rotatable bonds is 5. The summed E-state index contributed by atoms with van der Waals surface area (Å²) in [6.07, 6.45) is 1.85. The molecule has 0 saturated carbocycles. The van der Waals surface area contributed by atoms with Crippen molar-refractivity contribution in [2.24, 2.45) is 7.05 Å². The Morgan fingerprint density at radius 2 is 1.75 bits per heavy atom. The average Bonchev–Trinajstić information content (AvgIpc) is 3.15. The summed E-state index contributed by atoms with van der Waals surface area (Å²) in [4.78, 5) is 11.6. The Labute approximate surface area is 183 Å². The third-order valence-electron chi connectivity index (χ3n) is 4.84. The van der Waals surface area contributed by atoms with E-state index in [1.54, 1.807) is 22.9 Å². The van der Waals surface area contributed by atoms with Gasteiger partial charge >= 0.3 is 0 Å². The molecule has 0 aliphatic carbocycles. The number of nitrogens with zero attached hydrogens (tertiary/aromatic N) is 2. The summed E-state index contributed by atoms with van der Waals surface area (Å²) >= 11 is 0. The normalized spacial score (nSPS) is 10.8. The number of carbonyl (C=O) groups is 1. The minimum atomic E-state index is -0.699. The predicted molar refractivity (Wildman–Crippen MR) is 122 cm³/mol. The van der Waals surface area contributed by atoms with E-state index in [0.717, 1.165) is 17.3 Å². The zero-order valence-corrected chi connectivity index (χ0v) is 17.5. The van der Waals surface area contributed by atoms with Gasteiger partial charge in [-0.25, -0.2) is 8.78 Å². The van der Waals surface area contributed by atoms with Crippen molar-refractivity contribution >= 4 is 28.7 Å². The highest BCUT2D eigenvalue weighted by Crippen LogP contribution is 2.33. The van der Waals surface area contributed by atoms with Gasteiger partial charge in [0.25, 0.3) is 0 Å². The molecule has 0 spiro atoms. The number of hydrogen-bond donors (Lipinski definition) is 3. The largest absolute Gasteiger partial charge is 0.397 e. The maximum atomic E-state index is 14.4. The molecular formula is C24H21F2N5O. The number of halogens is 2. The highest BCUT2D eigenvalue weighted by Gasteiger charge is 2.12. The summed E-state index contributed by atoms with van der Waals surface area (Å²) < 4.78 is 29.4. The van der Waals surface area contributed by atoms with Gasteiger partial charge in [0.05, 0.1) is 17.1 Å². The van der Waals surface area contributed by atoms with Crippen molar-refractivity contribution in [2.45, 2.75) is 6.92 Å². The first-order chi connectivity index (χ1) is 15.3. The van der Waals surface area contributed by atoms with Crippen molar-refractivity contribution in [1.82, 2.24) is 9.78 Å². The van der Waals surface area contributed by atoms with Crippen molar-refractivity contribution in [2.75, 3.05) is 16.4 Å². The molecule has 0 saturated heterocycles. The molecule has 3 aromatic carbocycles. The van der Waals surface area contributed by atoms with Crippen LogP contribution in [-0.2, 0) is 11.8 Å². The van der Waals surface area contributed by atoms with Crippen molar-refractivity contribution in [3.05, 3.63) is 78.5 Å². The van der Waals surface area contributed by atoms with E-state index < -0.39 is 11.6 Å². The molecule has 162 valence electrons. The second kappa shape index (κ2) is 8.50. The number of carbonyl (C=O) groups excluding carboxylic acids is 1. The van der Waals surface area contributed by atoms with Gasteiger partial charge < -0.3 is 16.4 Å². The molecule has 1 heterocycles. The lowest BCUT2D eigenvalue weighted by Gasteiger charge is -2.15. The van der Waals surface area contributed by atoms with Crippen LogP contribution < -0.4 is 16.4 Å². The smallest absolute Gasteiger partial charge is 0.221 e. The molecule has 0 aliphatic rings. The molecule has 4 rings (SSSR count). The lowest BCUT2D eigenvalue weighted by Crippen LogP contribution is -2.06. The fraction of sp³-hybridized carbons (Fsp3) is 0.0833. The van der Waals surface area contributed by atoms with Gasteiger partial charge in [-0.1, -0.05) is 6.07 Å². The first-order valence-electron chi connectivity index (χ1n) is 9.83. The molecule has 32 heavy (non-hydrogen) atoms. The molecule has 0 fully saturated rings. The number of benzene rings is 3. The van der Waals surface area contributed by atoms with Crippen LogP contribution in [0.2, 0.25) is 0 Å². The number of amides is 1. The van der Waals surface area contributed by atoms with Crippen molar-refractivity contribution < 1.29 is 13.6 Å². The van der Waals surface area contributed by atoms with E-state index in [4.69, 9.17) is 5.73 Å². The molecule has 0 aliphatic heterocycles. The number of nitrogen functional groups attached to an aromatic ring is 1. The van der Waals surface area contributed by atoms with Gasteiger partial charge in [0.1, 0.15) is 11.6 Å². The Morgan fingerprint density at radius 3 is 2.41 bits per heavy atom. The topological polar surface area (TPSA) is 85.0 Å². The Hall–Kier alpha value is -4.20.